The van der Waals surface area contributed by atoms with Crippen molar-refractivity contribution in [2.45, 2.75) is 26.7 Å². The fourth-order valence-corrected chi connectivity index (χ4v) is 3.48. The molecule has 0 saturated carbocycles. The number of rotatable bonds is 8. The second-order valence-electron chi connectivity index (χ2n) is 6.86. The van der Waals surface area contributed by atoms with Crippen molar-refractivity contribution < 1.29 is 19.1 Å². The summed E-state index contributed by atoms with van der Waals surface area (Å²) < 4.78 is 10.6. The van der Waals surface area contributed by atoms with Gasteiger partial charge in [0.1, 0.15) is 0 Å². The highest BCUT2D eigenvalue weighted by atomic mass is 32.1. The normalized spacial score (nSPS) is 10.8. The van der Waals surface area contributed by atoms with Gasteiger partial charge < -0.3 is 9.47 Å². The van der Waals surface area contributed by atoms with Crippen LogP contribution in [0, 0.1) is 6.92 Å². The number of aryl methyl sites for hydroxylation is 1. The number of esters is 1. The molecular formula is C24H24N2O4S. The van der Waals surface area contributed by atoms with Crippen LogP contribution in [0.15, 0.2) is 53.9 Å². The van der Waals surface area contributed by atoms with Gasteiger partial charge in [0, 0.05) is 23.4 Å². The maximum Gasteiger partial charge on any atom is 0.311 e. The molecule has 0 saturated heterocycles. The van der Waals surface area contributed by atoms with E-state index in [1.165, 1.54) is 30.1 Å². The summed E-state index contributed by atoms with van der Waals surface area (Å²) in [5.74, 6) is 0.183. The molecule has 1 heterocycles. The fraction of sp³-hybridized carbons (Fsp3) is 0.208. The van der Waals surface area contributed by atoms with Crippen LogP contribution in [-0.4, -0.2) is 24.0 Å². The first-order valence-electron chi connectivity index (χ1n) is 9.89. The molecule has 0 fully saturated rings. The largest absolute Gasteiger partial charge is 0.493 e. The number of carbonyl (C=O) groups excluding carboxylic acids is 2. The number of thiazole rings is 1. The van der Waals surface area contributed by atoms with Gasteiger partial charge in [-0.2, -0.15) is 0 Å². The number of hydrogen-bond donors (Lipinski definition) is 1. The zero-order chi connectivity index (χ0) is 22.2. The van der Waals surface area contributed by atoms with Gasteiger partial charge in [0.15, 0.2) is 16.6 Å². The van der Waals surface area contributed by atoms with Gasteiger partial charge in [-0.1, -0.05) is 42.8 Å². The Hall–Kier alpha value is -3.45. The summed E-state index contributed by atoms with van der Waals surface area (Å²) >= 11 is 1.37. The van der Waals surface area contributed by atoms with Crippen molar-refractivity contribution in [3.63, 3.8) is 0 Å². The van der Waals surface area contributed by atoms with Crippen molar-refractivity contribution >= 4 is 34.4 Å². The van der Waals surface area contributed by atoms with Crippen LogP contribution in [0.1, 0.15) is 30.9 Å². The Balaban J connectivity index is 1.63. The molecule has 31 heavy (non-hydrogen) atoms. The molecule has 1 N–H and O–H groups in total. The van der Waals surface area contributed by atoms with E-state index in [2.05, 4.69) is 10.3 Å². The average Bonchev–Trinajstić information content (AvgIpc) is 3.22. The van der Waals surface area contributed by atoms with E-state index in [0.717, 1.165) is 16.8 Å². The molecule has 0 aliphatic rings. The van der Waals surface area contributed by atoms with Gasteiger partial charge in [-0.05, 0) is 37.1 Å². The van der Waals surface area contributed by atoms with Gasteiger partial charge in [-0.25, -0.2) is 4.98 Å². The molecule has 3 rings (SSSR count). The Morgan fingerprint density at radius 2 is 1.90 bits per heavy atom. The quantitative estimate of drug-likeness (QED) is 0.287. The predicted octanol–water partition coefficient (Wildman–Crippen LogP) is 5.48. The molecule has 6 nitrogen and oxygen atoms in total. The lowest BCUT2D eigenvalue weighted by molar-refractivity contribution is -0.134. The number of benzene rings is 2. The van der Waals surface area contributed by atoms with E-state index in [1.807, 2.05) is 43.5 Å². The number of hydrogen-bond acceptors (Lipinski definition) is 6. The predicted molar refractivity (Wildman–Crippen MR) is 123 cm³/mol. The Bertz CT molecular complexity index is 1090. The number of methoxy groups -OCH3 is 1. The minimum absolute atomic E-state index is 0.290. The molecule has 1 amide bonds. The van der Waals surface area contributed by atoms with Crippen LogP contribution in [0.25, 0.3) is 17.3 Å². The maximum atomic E-state index is 12.3. The molecule has 0 unspecified atom stereocenters. The lowest BCUT2D eigenvalue weighted by Crippen LogP contribution is -2.08. The van der Waals surface area contributed by atoms with Crippen molar-refractivity contribution in [3.05, 3.63) is 65.0 Å². The Morgan fingerprint density at radius 1 is 1.13 bits per heavy atom. The van der Waals surface area contributed by atoms with Gasteiger partial charge in [0.05, 0.1) is 12.8 Å². The SMILES string of the molecule is CCCC(=O)Oc1ccc(/C=C/C(=O)Nc2nc(-c3ccc(C)cc3)cs2)cc1OC. The molecule has 1 aromatic heterocycles. The topological polar surface area (TPSA) is 77.5 Å². The molecule has 0 aliphatic carbocycles. The van der Waals surface area contributed by atoms with E-state index in [0.29, 0.717) is 29.5 Å². The minimum atomic E-state index is -0.308. The monoisotopic (exact) mass is 436 g/mol. The number of nitrogens with one attached hydrogen (secondary N) is 1. The smallest absolute Gasteiger partial charge is 0.311 e. The summed E-state index contributed by atoms with van der Waals surface area (Å²) in [5, 5.41) is 5.21. The standard InChI is InChI=1S/C24H24N2O4S/c1-4-5-23(28)30-20-12-8-17(14-21(20)29-3)9-13-22(27)26-24-25-19(15-31-24)18-10-6-16(2)7-11-18/h6-15H,4-5H2,1-3H3,(H,25,26,27)/b13-9+. The zero-order valence-electron chi connectivity index (χ0n) is 17.7. The van der Waals surface area contributed by atoms with Gasteiger partial charge in [0.25, 0.3) is 0 Å². The van der Waals surface area contributed by atoms with E-state index in [9.17, 15) is 9.59 Å². The van der Waals surface area contributed by atoms with E-state index >= 15 is 0 Å². The Labute approximate surface area is 185 Å². The third-order valence-corrected chi connectivity index (χ3v) is 5.13. The van der Waals surface area contributed by atoms with E-state index < -0.39 is 0 Å². The van der Waals surface area contributed by atoms with Crippen LogP contribution in [0.3, 0.4) is 0 Å². The lowest BCUT2D eigenvalue weighted by Gasteiger charge is -2.09. The van der Waals surface area contributed by atoms with Crippen LogP contribution >= 0.6 is 11.3 Å². The number of aromatic nitrogens is 1. The van der Waals surface area contributed by atoms with Crippen molar-refractivity contribution in [3.8, 4) is 22.8 Å². The minimum Gasteiger partial charge on any atom is -0.493 e. The average molecular weight is 437 g/mol. The highest BCUT2D eigenvalue weighted by Gasteiger charge is 2.10. The number of ether oxygens (including phenoxy) is 2. The van der Waals surface area contributed by atoms with E-state index in [-0.39, 0.29) is 11.9 Å². The Kier molecular flexibility index (Phi) is 7.56. The number of nitrogens with zero attached hydrogens (tertiary/aromatic N) is 1. The van der Waals surface area contributed by atoms with Gasteiger partial charge in [-0.3, -0.25) is 14.9 Å². The summed E-state index contributed by atoms with van der Waals surface area (Å²) in [5.41, 5.74) is 3.75. The maximum absolute atomic E-state index is 12.3. The summed E-state index contributed by atoms with van der Waals surface area (Å²) in [6, 6.07) is 13.2. The summed E-state index contributed by atoms with van der Waals surface area (Å²) in [4.78, 5) is 28.5. The molecule has 7 heteroatoms. The van der Waals surface area contributed by atoms with E-state index in [1.54, 1.807) is 24.3 Å². The second kappa shape index (κ2) is 10.5. The second-order valence-corrected chi connectivity index (χ2v) is 7.72. The summed E-state index contributed by atoms with van der Waals surface area (Å²) in [7, 11) is 1.50. The molecule has 0 spiro atoms. The van der Waals surface area contributed by atoms with Gasteiger partial charge in [-0.15, -0.1) is 11.3 Å². The molecule has 2 aromatic carbocycles. The summed E-state index contributed by atoms with van der Waals surface area (Å²) in [6.45, 7) is 3.94. The first-order valence-corrected chi connectivity index (χ1v) is 10.8. The van der Waals surface area contributed by atoms with Crippen LogP contribution in [0.2, 0.25) is 0 Å². The molecule has 0 aliphatic heterocycles. The lowest BCUT2D eigenvalue weighted by atomic mass is 10.1. The molecule has 0 atom stereocenters. The van der Waals surface area contributed by atoms with E-state index in [4.69, 9.17) is 9.47 Å². The number of amides is 1. The van der Waals surface area contributed by atoms with Crippen molar-refractivity contribution in [1.82, 2.24) is 4.98 Å². The fourth-order valence-electron chi connectivity index (χ4n) is 2.76. The van der Waals surface area contributed by atoms with Gasteiger partial charge in [0.2, 0.25) is 5.91 Å². The Morgan fingerprint density at radius 3 is 2.61 bits per heavy atom. The molecule has 0 bridgehead atoms. The first-order chi connectivity index (χ1) is 15.0. The summed E-state index contributed by atoms with van der Waals surface area (Å²) in [6.07, 6.45) is 4.13. The third-order valence-electron chi connectivity index (χ3n) is 4.37. The van der Waals surface area contributed by atoms with Crippen molar-refractivity contribution in [1.29, 1.82) is 0 Å². The van der Waals surface area contributed by atoms with Crippen LogP contribution in [0.5, 0.6) is 11.5 Å². The van der Waals surface area contributed by atoms with Crippen molar-refractivity contribution in [2.24, 2.45) is 0 Å². The highest BCUT2D eigenvalue weighted by Crippen LogP contribution is 2.29. The van der Waals surface area contributed by atoms with Crippen molar-refractivity contribution in [2.75, 3.05) is 12.4 Å². The first kappa shape index (κ1) is 22.2. The van der Waals surface area contributed by atoms with Crippen LogP contribution in [0.4, 0.5) is 5.13 Å². The molecule has 160 valence electrons. The molecular weight excluding hydrogens is 412 g/mol. The highest BCUT2D eigenvalue weighted by molar-refractivity contribution is 7.14. The zero-order valence-corrected chi connectivity index (χ0v) is 18.5. The molecule has 0 radical (unpaired) electrons. The van der Waals surface area contributed by atoms with Gasteiger partial charge >= 0.3 is 5.97 Å². The molecule has 3 aromatic rings. The number of carbonyl (C=O) groups is 2. The van der Waals surface area contributed by atoms with Crippen LogP contribution < -0.4 is 14.8 Å². The van der Waals surface area contributed by atoms with Crippen LogP contribution in [-0.2, 0) is 9.59 Å². The number of anilines is 1. The third kappa shape index (κ3) is 6.26.